The minimum absolute atomic E-state index is 0.222. The highest BCUT2D eigenvalue weighted by molar-refractivity contribution is 5.97. The van der Waals surface area contributed by atoms with Crippen LogP contribution in [0.4, 0.5) is 16.2 Å². The smallest absolute Gasteiger partial charge is 0.408 e. The van der Waals surface area contributed by atoms with E-state index in [-0.39, 0.29) is 12.0 Å². The number of amides is 2. The molecule has 2 amide bonds. The van der Waals surface area contributed by atoms with Crippen LogP contribution in [-0.2, 0) is 25.7 Å². The van der Waals surface area contributed by atoms with E-state index in [0.717, 1.165) is 5.56 Å². The van der Waals surface area contributed by atoms with Gasteiger partial charge in [0.25, 0.3) is 0 Å². The number of carbonyl (C=O) groups excluding carboxylic acids is 3. The largest absolute Gasteiger partial charge is 0.444 e. The number of hydrogen-bond acceptors (Lipinski definition) is 7. The Kier molecular flexibility index (Phi) is 8.64. The van der Waals surface area contributed by atoms with Crippen LogP contribution >= 0.6 is 0 Å². The number of anilines is 2. The van der Waals surface area contributed by atoms with E-state index in [2.05, 4.69) is 10.6 Å². The predicted octanol–water partition coefficient (Wildman–Crippen LogP) is 4.23. The first-order valence-electron chi connectivity index (χ1n) is 10.9. The van der Waals surface area contributed by atoms with Gasteiger partial charge >= 0.3 is 12.1 Å². The normalized spacial score (nSPS) is 12.4. The summed E-state index contributed by atoms with van der Waals surface area (Å²) in [5.74, 6) is -1.10. The van der Waals surface area contributed by atoms with Crippen molar-refractivity contribution >= 4 is 29.3 Å². The van der Waals surface area contributed by atoms with Crippen molar-refractivity contribution in [2.45, 2.75) is 65.2 Å². The van der Waals surface area contributed by atoms with Gasteiger partial charge in [-0.15, -0.1) is 0 Å². The van der Waals surface area contributed by atoms with Gasteiger partial charge in [-0.3, -0.25) is 9.68 Å². The minimum Gasteiger partial charge on any atom is -0.444 e. The second-order valence-corrected chi connectivity index (χ2v) is 9.78. The molecular formula is C25H33N3O6. The summed E-state index contributed by atoms with van der Waals surface area (Å²) in [4.78, 5) is 47.3. The lowest BCUT2D eigenvalue weighted by atomic mass is 10.0. The summed E-state index contributed by atoms with van der Waals surface area (Å²) in [7, 11) is 0. The van der Waals surface area contributed by atoms with Crippen molar-refractivity contribution in [1.29, 1.82) is 0 Å². The lowest BCUT2D eigenvalue weighted by molar-refractivity contribution is -0.301. The maximum Gasteiger partial charge on any atom is 0.408 e. The van der Waals surface area contributed by atoms with Gasteiger partial charge in [0, 0.05) is 17.8 Å². The molecule has 9 heteroatoms. The summed E-state index contributed by atoms with van der Waals surface area (Å²) in [5.41, 5.74) is 6.48. The van der Waals surface area contributed by atoms with Gasteiger partial charge in [0.2, 0.25) is 5.91 Å². The molecule has 4 N–H and O–H groups in total. The fourth-order valence-corrected chi connectivity index (χ4v) is 2.68. The van der Waals surface area contributed by atoms with E-state index in [1.54, 1.807) is 77.9 Å². The fourth-order valence-electron chi connectivity index (χ4n) is 2.68. The van der Waals surface area contributed by atoms with Gasteiger partial charge in [-0.25, -0.2) is 9.59 Å². The lowest BCUT2D eigenvalue weighted by Gasteiger charge is -2.23. The number of benzene rings is 2. The molecule has 1 atom stereocenters. The Morgan fingerprint density at radius 1 is 0.882 bits per heavy atom. The summed E-state index contributed by atoms with van der Waals surface area (Å²) in [6.07, 6.45) is -0.486. The molecule has 0 saturated heterocycles. The topological polar surface area (TPSA) is 129 Å². The standard InChI is InChI=1S/C25H33N3O6/c1-24(2,3)32-23(31)28-20(15-16-7-11-18(26)12-8-16)21(29)27-19-13-9-17(10-14-19)22(30)33-34-25(4,5)6/h7-14,20H,15,26H2,1-6H3,(H,27,29)(H,28,31). The second kappa shape index (κ2) is 11.0. The molecule has 0 spiro atoms. The zero-order valence-electron chi connectivity index (χ0n) is 20.4. The molecule has 0 aliphatic heterocycles. The molecule has 0 aromatic heterocycles. The molecule has 0 aliphatic carbocycles. The van der Waals surface area contributed by atoms with Gasteiger partial charge in [0.05, 0.1) is 5.56 Å². The summed E-state index contributed by atoms with van der Waals surface area (Å²) in [6.45, 7) is 10.5. The maximum absolute atomic E-state index is 13.0. The van der Waals surface area contributed by atoms with Crippen LogP contribution in [0.5, 0.6) is 0 Å². The number of rotatable bonds is 7. The van der Waals surface area contributed by atoms with E-state index in [4.69, 9.17) is 20.2 Å². The summed E-state index contributed by atoms with van der Waals surface area (Å²) >= 11 is 0. The number of nitrogens with two attached hydrogens (primary N) is 1. The van der Waals surface area contributed by atoms with Crippen molar-refractivity contribution in [3.8, 4) is 0 Å². The van der Waals surface area contributed by atoms with Crippen molar-refractivity contribution in [3.05, 3.63) is 59.7 Å². The van der Waals surface area contributed by atoms with Crippen LogP contribution < -0.4 is 16.4 Å². The minimum atomic E-state index is -0.914. The van der Waals surface area contributed by atoms with E-state index in [0.29, 0.717) is 11.4 Å². The van der Waals surface area contributed by atoms with Crippen molar-refractivity contribution in [1.82, 2.24) is 5.32 Å². The SMILES string of the molecule is CC(C)(C)OOC(=O)c1ccc(NC(=O)C(Cc2ccc(N)cc2)NC(=O)OC(C)(C)C)cc1. The van der Waals surface area contributed by atoms with Crippen LogP contribution in [0.25, 0.3) is 0 Å². The first-order valence-corrected chi connectivity index (χ1v) is 10.9. The molecule has 1 unspecified atom stereocenters. The molecule has 0 fully saturated rings. The molecule has 0 bridgehead atoms. The zero-order chi connectivity index (χ0) is 25.5. The Morgan fingerprint density at radius 2 is 1.47 bits per heavy atom. The molecule has 184 valence electrons. The van der Waals surface area contributed by atoms with Gasteiger partial charge in [-0.1, -0.05) is 12.1 Å². The van der Waals surface area contributed by atoms with Crippen LogP contribution in [0, 0.1) is 0 Å². The molecular weight excluding hydrogens is 438 g/mol. The predicted molar refractivity (Wildman–Crippen MR) is 129 cm³/mol. The third kappa shape index (κ3) is 9.50. The number of hydrogen-bond donors (Lipinski definition) is 3. The Balaban J connectivity index is 2.10. The first kappa shape index (κ1) is 26.7. The Labute approximate surface area is 199 Å². The number of carbonyl (C=O) groups is 3. The number of alkyl carbamates (subject to hydrolysis) is 1. The Bertz CT molecular complexity index is 989. The molecule has 0 saturated carbocycles. The highest BCUT2D eigenvalue weighted by Gasteiger charge is 2.25. The summed E-state index contributed by atoms with van der Waals surface area (Å²) < 4.78 is 5.30. The van der Waals surface area contributed by atoms with E-state index in [1.807, 2.05) is 0 Å². The third-order valence-electron chi connectivity index (χ3n) is 4.18. The highest BCUT2D eigenvalue weighted by Crippen LogP contribution is 2.15. The number of ether oxygens (including phenoxy) is 1. The fraction of sp³-hybridized carbons (Fsp3) is 0.400. The molecule has 0 radical (unpaired) electrons. The number of nitrogens with one attached hydrogen (secondary N) is 2. The molecule has 0 heterocycles. The van der Waals surface area contributed by atoms with Crippen molar-refractivity contribution in [2.75, 3.05) is 11.1 Å². The summed E-state index contributed by atoms with van der Waals surface area (Å²) in [5, 5.41) is 5.37. The lowest BCUT2D eigenvalue weighted by Crippen LogP contribution is -2.47. The van der Waals surface area contributed by atoms with E-state index >= 15 is 0 Å². The molecule has 2 rings (SSSR count). The molecule has 34 heavy (non-hydrogen) atoms. The van der Waals surface area contributed by atoms with Gasteiger partial charge < -0.3 is 21.1 Å². The van der Waals surface area contributed by atoms with Crippen LogP contribution in [0.15, 0.2) is 48.5 Å². The second-order valence-electron chi connectivity index (χ2n) is 9.78. The quantitative estimate of drug-likeness (QED) is 0.313. The van der Waals surface area contributed by atoms with Crippen LogP contribution in [0.2, 0.25) is 0 Å². The number of nitrogen functional groups attached to an aromatic ring is 1. The third-order valence-corrected chi connectivity index (χ3v) is 4.18. The van der Waals surface area contributed by atoms with Gasteiger partial charge in [-0.05, 0) is 83.5 Å². The van der Waals surface area contributed by atoms with Crippen LogP contribution in [0.3, 0.4) is 0 Å². The van der Waals surface area contributed by atoms with Gasteiger partial charge in [0.15, 0.2) is 0 Å². The Hall–Kier alpha value is -3.59. The molecule has 2 aromatic carbocycles. The van der Waals surface area contributed by atoms with Crippen molar-refractivity contribution in [3.63, 3.8) is 0 Å². The van der Waals surface area contributed by atoms with Gasteiger partial charge in [-0.2, -0.15) is 4.89 Å². The maximum atomic E-state index is 13.0. The average Bonchev–Trinajstić information content (AvgIpc) is 2.71. The monoisotopic (exact) mass is 471 g/mol. The molecule has 2 aromatic rings. The molecule has 9 nitrogen and oxygen atoms in total. The van der Waals surface area contributed by atoms with Crippen LogP contribution in [0.1, 0.15) is 57.5 Å². The first-order chi connectivity index (χ1) is 15.7. The average molecular weight is 472 g/mol. The molecule has 0 aliphatic rings. The Morgan fingerprint density at radius 3 is 2.00 bits per heavy atom. The zero-order valence-corrected chi connectivity index (χ0v) is 20.4. The van der Waals surface area contributed by atoms with E-state index in [9.17, 15) is 14.4 Å². The van der Waals surface area contributed by atoms with E-state index in [1.165, 1.54) is 12.1 Å². The summed E-state index contributed by atoms with van der Waals surface area (Å²) in [6, 6.07) is 12.2. The highest BCUT2D eigenvalue weighted by atomic mass is 17.2. The van der Waals surface area contributed by atoms with Gasteiger partial charge in [0.1, 0.15) is 17.2 Å². The van der Waals surface area contributed by atoms with E-state index < -0.39 is 35.2 Å². The van der Waals surface area contributed by atoms with Crippen molar-refractivity contribution < 1.29 is 28.9 Å². The van der Waals surface area contributed by atoms with Crippen LogP contribution in [-0.4, -0.2) is 35.2 Å². The van der Waals surface area contributed by atoms with Crippen molar-refractivity contribution in [2.24, 2.45) is 0 Å².